The lowest BCUT2D eigenvalue weighted by Crippen LogP contribution is -2.45. The number of anilines is 1. The lowest BCUT2D eigenvalue weighted by Gasteiger charge is -2.34. The van der Waals surface area contributed by atoms with Crippen molar-refractivity contribution < 1.29 is 9.53 Å². The molecule has 0 atom stereocenters. The van der Waals surface area contributed by atoms with Gasteiger partial charge in [-0.3, -0.25) is 14.6 Å². The van der Waals surface area contributed by atoms with Crippen molar-refractivity contribution in [2.75, 3.05) is 38.6 Å². The average Bonchev–Trinajstić information content (AvgIpc) is 3.20. The second-order valence-electron chi connectivity index (χ2n) is 8.98. The van der Waals surface area contributed by atoms with Crippen LogP contribution in [0.15, 0.2) is 72.8 Å². The number of carbonyl (C=O) groups excluding carboxylic acids is 1. The van der Waals surface area contributed by atoms with Crippen LogP contribution in [0.4, 0.5) is 5.69 Å². The highest BCUT2D eigenvalue weighted by Crippen LogP contribution is 2.23. The van der Waals surface area contributed by atoms with Crippen molar-refractivity contribution in [2.45, 2.75) is 13.1 Å². The molecular weight excluding hydrogens is 438 g/mol. The van der Waals surface area contributed by atoms with E-state index in [0.29, 0.717) is 17.0 Å². The molecule has 35 heavy (non-hydrogen) atoms. The molecule has 5 rings (SSSR count). The summed E-state index contributed by atoms with van der Waals surface area (Å²) < 4.78 is 7.47. The third kappa shape index (κ3) is 5.21. The zero-order chi connectivity index (χ0) is 24.2. The number of para-hydroxylation sites is 1. The maximum atomic E-state index is 12.8. The summed E-state index contributed by atoms with van der Waals surface area (Å²) in [7, 11) is 3.63. The molecular formula is C28H31N5O2. The Hall–Kier alpha value is -3.68. The van der Waals surface area contributed by atoms with E-state index in [1.54, 1.807) is 19.2 Å². The molecule has 7 heteroatoms. The fourth-order valence-electron chi connectivity index (χ4n) is 4.65. The molecule has 4 aromatic rings. The highest BCUT2D eigenvalue weighted by atomic mass is 16.5. The molecule has 1 saturated heterocycles. The number of amides is 1. The van der Waals surface area contributed by atoms with Crippen LogP contribution in [0.3, 0.4) is 0 Å². The van der Waals surface area contributed by atoms with Crippen LogP contribution in [0.5, 0.6) is 5.75 Å². The number of hydrogen-bond acceptors (Lipinski definition) is 5. The molecule has 0 bridgehead atoms. The number of aromatic nitrogens is 2. The lowest BCUT2D eigenvalue weighted by atomic mass is 10.2. The fraction of sp³-hybridized carbons (Fsp3) is 0.286. The van der Waals surface area contributed by atoms with Crippen LogP contribution in [0.2, 0.25) is 0 Å². The van der Waals surface area contributed by atoms with Gasteiger partial charge in [0.2, 0.25) is 0 Å². The van der Waals surface area contributed by atoms with Gasteiger partial charge in [-0.25, -0.2) is 4.98 Å². The number of methoxy groups -OCH3 is 1. The smallest absolute Gasteiger partial charge is 0.259 e. The van der Waals surface area contributed by atoms with E-state index in [-0.39, 0.29) is 5.91 Å². The number of aryl methyl sites for hydroxylation is 1. The third-order valence-electron chi connectivity index (χ3n) is 6.66. The number of benzene rings is 3. The van der Waals surface area contributed by atoms with Gasteiger partial charge in [0.15, 0.2) is 0 Å². The number of imidazole rings is 1. The Morgan fingerprint density at radius 2 is 1.60 bits per heavy atom. The average molecular weight is 470 g/mol. The first-order chi connectivity index (χ1) is 17.1. The zero-order valence-electron chi connectivity index (χ0n) is 20.3. The maximum Gasteiger partial charge on any atom is 0.259 e. The SMILES string of the molecule is COc1ccccc1C(=O)Nc1ccc2c(c1)nc(CN1CCN(Cc3ccccc3)CC1)n2C. The minimum Gasteiger partial charge on any atom is -0.496 e. The topological polar surface area (TPSA) is 62.6 Å². The Balaban J connectivity index is 1.23. The number of carbonyl (C=O) groups is 1. The molecule has 0 unspecified atom stereocenters. The van der Waals surface area contributed by atoms with Gasteiger partial charge < -0.3 is 14.6 Å². The number of piperazine rings is 1. The van der Waals surface area contributed by atoms with Crippen molar-refractivity contribution in [3.8, 4) is 5.75 Å². The Kier molecular flexibility index (Phi) is 6.79. The predicted molar refractivity (Wildman–Crippen MR) is 139 cm³/mol. The summed E-state index contributed by atoms with van der Waals surface area (Å²) in [6.07, 6.45) is 0. The number of ether oxygens (including phenoxy) is 1. The van der Waals surface area contributed by atoms with Crippen molar-refractivity contribution >= 4 is 22.6 Å². The van der Waals surface area contributed by atoms with Crippen molar-refractivity contribution in [1.29, 1.82) is 0 Å². The van der Waals surface area contributed by atoms with Gasteiger partial charge in [-0.15, -0.1) is 0 Å². The number of fused-ring (bicyclic) bond motifs is 1. The van der Waals surface area contributed by atoms with E-state index in [2.05, 4.69) is 57.1 Å². The van der Waals surface area contributed by atoms with Crippen LogP contribution in [-0.2, 0) is 20.1 Å². The van der Waals surface area contributed by atoms with Crippen molar-refractivity contribution in [2.24, 2.45) is 7.05 Å². The van der Waals surface area contributed by atoms with Crippen molar-refractivity contribution in [3.63, 3.8) is 0 Å². The highest BCUT2D eigenvalue weighted by Gasteiger charge is 2.20. The summed E-state index contributed by atoms with van der Waals surface area (Å²) in [5.74, 6) is 1.38. The van der Waals surface area contributed by atoms with Gasteiger partial charge in [-0.05, 0) is 35.9 Å². The molecule has 3 aromatic carbocycles. The molecule has 1 amide bonds. The second-order valence-corrected chi connectivity index (χ2v) is 8.98. The first-order valence-corrected chi connectivity index (χ1v) is 12.0. The normalized spacial score (nSPS) is 14.8. The van der Waals surface area contributed by atoms with E-state index in [0.717, 1.165) is 56.1 Å². The quantitative estimate of drug-likeness (QED) is 0.441. The molecule has 1 aliphatic rings. The molecule has 0 spiro atoms. The van der Waals surface area contributed by atoms with Crippen LogP contribution in [0, 0.1) is 0 Å². The molecule has 7 nitrogen and oxygen atoms in total. The fourth-order valence-corrected chi connectivity index (χ4v) is 4.65. The minimum absolute atomic E-state index is 0.202. The summed E-state index contributed by atoms with van der Waals surface area (Å²) in [5.41, 5.74) is 4.52. The summed E-state index contributed by atoms with van der Waals surface area (Å²) in [6, 6.07) is 23.7. The molecule has 1 aliphatic heterocycles. The number of nitrogens with zero attached hydrogens (tertiary/aromatic N) is 4. The summed E-state index contributed by atoms with van der Waals surface area (Å²) in [5, 5.41) is 2.98. The first kappa shape index (κ1) is 23.1. The first-order valence-electron chi connectivity index (χ1n) is 12.0. The predicted octanol–water partition coefficient (Wildman–Crippen LogP) is 4.15. The lowest BCUT2D eigenvalue weighted by molar-refractivity contribution is 0.102. The molecule has 0 aliphatic carbocycles. The third-order valence-corrected chi connectivity index (χ3v) is 6.66. The largest absolute Gasteiger partial charge is 0.496 e. The molecule has 1 fully saturated rings. The summed E-state index contributed by atoms with van der Waals surface area (Å²) >= 11 is 0. The zero-order valence-corrected chi connectivity index (χ0v) is 20.3. The molecule has 0 saturated carbocycles. The van der Waals surface area contributed by atoms with Crippen LogP contribution < -0.4 is 10.1 Å². The molecule has 1 N–H and O–H groups in total. The van der Waals surface area contributed by atoms with Crippen LogP contribution in [-0.4, -0.2) is 58.5 Å². The summed E-state index contributed by atoms with van der Waals surface area (Å²) in [4.78, 5) is 22.7. The maximum absolute atomic E-state index is 12.8. The molecule has 1 aromatic heterocycles. The Morgan fingerprint density at radius 1 is 0.914 bits per heavy atom. The Morgan fingerprint density at radius 3 is 2.34 bits per heavy atom. The van der Waals surface area contributed by atoms with E-state index in [4.69, 9.17) is 9.72 Å². The van der Waals surface area contributed by atoms with Gasteiger partial charge in [0.05, 0.1) is 30.3 Å². The van der Waals surface area contributed by atoms with Crippen LogP contribution in [0.1, 0.15) is 21.7 Å². The number of nitrogens with one attached hydrogen (secondary N) is 1. The standard InChI is InChI=1S/C28H31N5O2/c1-31-25-13-12-22(29-28(34)23-10-6-7-11-26(23)35-2)18-24(25)30-27(31)20-33-16-14-32(15-17-33)19-21-8-4-3-5-9-21/h3-13,18H,14-17,19-20H2,1-2H3,(H,29,34). The van der Waals surface area contributed by atoms with Gasteiger partial charge in [0.1, 0.15) is 11.6 Å². The Labute approximate surface area is 205 Å². The van der Waals surface area contributed by atoms with Gasteiger partial charge in [-0.2, -0.15) is 0 Å². The van der Waals surface area contributed by atoms with Gasteiger partial charge >= 0.3 is 0 Å². The minimum atomic E-state index is -0.202. The van der Waals surface area contributed by atoms with E-state index in [1.165, 1.54) is 5.56 Å². The van der Waals surface area contributed by atoms with Gasteiger partial charge in [-0.1, -0.05) is 42.5 Å². The second kappa shape index (κ2) is 10.3. The van der Waals surface area contributed by atoms with Crippen molar-refractivity contribution in [1.82, 2.24) is 19.4 Å². The van der Waals surface area contributed by atoms with E-state index in [1.807, 2.05) is 30.3 Å². The summed E-state index contributed by atoms with van der Waals surface area (Å²) in [6.45, 7) is 5.97. The van der Waals surface area contributed by atoms with E-state index >= 15 is 0 Å². The molecule has 180 valence electrons. The van der Waals surface area contributed by atoms with E-state index < -0.39 is 0 Å². The van der Waals surface area contributed by atoms with Crippen molar-refractivity contribution in [3.05, 3.63) is 89.7 Å². The number of rotatable bonds is 7. The molecule has 2 heterocycles. The van der Waals surface area contributed by atoms with Crippen LogP contribution in [0.25, 0.3) is 11.0 Å². The van der Waals surface area contributed by atoms with Crippen LogP contribution >= 0.6 is 0 Å². The number of hydrogen-bond donors (Lipinski definition) is 1. The van der Waals surface area contributed by atoms with E-state index in [9.17, 15) is 4.79 Å². The van der Waals surface area contributed by atoms with Gasteiger partial charge in [0, 0.05) is 45.5 Å². The highest BCUT2D eigenvalue weighted by molar-refractivity contribution is 6.06. The monoisotopic (exact) mass is 469 g/mol. The molecule has 0 radical (unpaired) electrons. The Bertz CT molecular complexity index is 1310. The van der Waals surface area contributed by atoms with Gasteiger partial charge in [0.25, 0.3) is 5.91 Å².